The average molecular weight is 410 g/mol. The lowest BCUT2D eigenvalue weighted by Crippen LogP contribution is -2.55. The topological polar surface area (TPSA) is 98.8 Å². The van der Waals surface area contributed by atoms with E-state index in [0.29, 0.717) is 18.2 Å². The third-order valence-electron chi connectivity index (χ3n) is 3.62. The van der Waals surface area contributed by atoms with Crippen LogP contribution >= 0.6 is 15.9 Å². The second-order valence-corrected chi connectivity index (χ2v) is 7.72. The monoisotopic (exact) mass is 409 g/mol. The number of rotatable bonds is 1. The molecular formula is C16H20BrN5O3. The molecule has 9 heteroatoms. The van der Waals surface area contributed by atoms with Crippen LogP contribution in [0.4, 0.5) is 4.79 Å². The molecule has 8 nitrogen and oxygen atoms in total. The molecule has 1 aromatic rings. The fourth-order valence-electron chi connectivity index (χ4n) is 2.64. The summed E-state index contributed by atoms with van der Waals surface area (Å²) in [7, 11) is 0. The maximum Gasteiger partial charge on any atom is 0.414 e. The Morgan fingerprint density at radius 1 is 1.44 bits per heavy atom. The molecule has 0 radical (unpaired) electrons. The van der Waals surface area contributed by atoms with Crippen molar-refractivity contribution in [3.8, 4) is 0 Å². The first-order chi connectivity index (χ1) is 11.7. The fraction of sp³-hybridized carbons (Fsp3) is 0.438. The van der Waals surface area contributed by atoms with Crippen molar-refractivity contribution in [1.29, 1.82) is 0 Å². The van der Waals surface area contributed by atoms with E-state index < -0.39 is 11.7 Å². The highest BCUT2D eigenvalue weighted by atomic mass is 79.9. The van der Waals surface area contributed by atoms with Gasteiger partial charge in [-0.2, -0.15) is 0 Å². The van der Waals surface area contributed by atoms with Gasteiger partial charge in [0.25, 0.3) is 5.91 Å². The number of nitrogens with zero attached hydrogens (tertiary/aromatic N) is 2. The van der Waals surface area contributed by atoms with Gasteiger partial charge in [-0.05, 0) is 42.8 Å². The first kappa shape index (κ1) is 17.5. The zero-order valence-electron chi connectivity index (χ0n) is 14.2. The van der Waals surface area contributed by atoms with Crippen molar-refractivity contribution in [3.05, 3.63) is 34.6 Å². The average Bonchev–Trinajstić information content (AvgIpc) is 3.09. The van der Waals surface area contributed by atoms with Crippen LogP contribution in [0.15, 0.2) is 33.9 Å². The van der Waals surface area contributed by atoms with Crippen LogP contribution in [-0.2, 0) is 4.74 Å². The lowest BCUT2D eigenvalue weighted by molar-refractivity contribution is 0.0561. The Morgan fingerprint density at radius 2 is 2.20 bits per heavy atom. The van der Waals surface area contributed by atoms with Crippen LogP contribution in [0.25, 0.3) is 0 Å². The first-order valence-electron chi connectivity index (χ1n) is 7.89. The number of aliphatic imine (C=N–C) groups is 1. The second-order valence-electron chi connectivity index (χ2n) is 6.80. The van der Waals surface area contributed by atoms with E-state index in [1.165, 1.54) is 0 Å². The highest BCUT2D eigenvalue weighted by Gasteiger charge is 2.37. The van der Waals surface area contributed by atoms with Gasteiger partial charge in [-0.25, -0.2) is 9.79 Å². The first-order valence-corrected chi connectivity index (χ1v) is 8.68. The summed E-state index contributed by atoms with van der Waals surface area (Å²) in [5.74, 6) is 0.146. The largest absolute Gasteiger partial charge is 0.444 e. The molecule has 3 rings (SSSR count). The number of nitrogens with one attached hydrogen (secondary N) is 3. The molecule has 0 bridgehead atoms. The van der Waals surface area contributed by atoms with Gasteiger partial charge in [-0.1, -0.05) is 12.2 Å². The van der Waals surface area contributed by atoms with Crippen LogP contribution < -0.4 is 10.6 Å². The molecule has 0 saturated carbocycles. The van der Waals surface area contributed by atoms with Crippen LogP contribution in [-0.4, -0.2) is 52.2 Å². The molecule has 3 N–H and O–H groups in total. The van der Waals surface area contributed by atoms with Crippen molar-refractivity contribution in [2.24, 2.45) is 4.99 Å². The highest BCUT2D eigenvalue weighted by molar-refractivity contribution is 9.10. The third kappa shape index (κ3) is 4.04. The number of aromatic nitrogens is 1. The maximum atomic E-state index is 12.7. The lowest BCUT2D eigenvalue weighted by Gasteiger charge is -2.33. The van der Waals surface area contributed by atoms with Gasteiger partial charge in [0.1, 0.15) is 23.5 Å². The molecule has 2 atom stereocenters. The number of amides is 2. The normalized spacial score (nSPS) is 22.1. The van der Waals surface area contributed by atoms with E-state index >= 15 is 0 Å². The van der Waals surface area contributed by atoms with Gasteiger partial charge < -0.3 is 19.9 Å². The van der Waals surface area contributed by atoms with Gasteiger partial charge in [-0.3, -0.25) is 10.1 Å². The standard InChI is InChI=1S/C16H20BrN5O3/c1-16(2,3)25-15(24)21-14-19-10-5-4-6-22(12(10)20-14)13(23)11-7-9(17)8-18-11/h4-5,7-8,10,12,18H,6H2,1-3H3,(H2,19,20,21,24). The fourth-order valence-corrected chi connectivity index (χ4v) is 2.99. The minimum atomic E-state index is -0.598. The second kappa shape index (κ2) is 6.55. The van der Waals surface area contributed by atoms with Crippen LogP contribution in [0, 0.1) is 0 Å². The zero-order chi connectivity index (χ0) is 18.2. The Balaban J connectivity index is 1.68. The molecule has 134 valence electrons. The van der Waals surface area contributed by atoms with E-state index in [4.69, 9.17) is 4.74 Å². The number of alkyl carbamates (subject to hydrolysis) is 1. The van der Waals surface area contributed by atoms with E-state index in [1.807, 2.05) is 12.2 Å². The zero-order valence-corrected chi connectivity index (χ0v) is 15.8. The number of hydrogen-bond donors (Lipinski definition) is 3. The van der Waals surface area contributed by atoms with E-state index in [0.717, 1.165) is 4.47 Å². The molecule has 2 aliphatic rings. The Kier molecular flexibility index (Phi) is 4.59. The minimum Gasteiger partial charge on any atom is -0.444 e. The summed E-state index contributed by atoms with van der Waals surface area (Å²) in [6.45, 7) is 5.81. The summed E-state index contributed by atoms with van der Waals surface area (Å²) in [6, 6.07) is 1.46. The number of guanidine groups is 1. The molecule has 2 unspecified atom stereocenters. The van der Waals surface area contributed by atoms with Gasteiger partial charge in [0.2, 0.25) is 5.96 Å². The number of H-pyrrole nitrogens is 1. The molecule has 0 saturated heterocycles. The Morgan fingerprint density at radius 3 is 2.84 bits per heavy atom. The van der Waals surface area contributed by atoms with Crippen molar-refractivity contribution in [1.82, 2.24) is 20.5 Å². The summed E-state index contributed by atoms with van der Waals surface area (Å²) >= 11 is 3.33. The highest BCUT2D eigenvalue weighted by Crippen LogP contribution is 2.21. The molecule has 3 heterocycles. The van der Waals surface area contributed by atoms with Gasteiger partial charge in [0.15, 0.2) is 0 Å². The summed E-state index contributed by atoms with van der Waals surface area (Å²) < 4.78 is 6.03. The van der Waals surface area contributed by atoms with Crippen molar-refractivity contribution in [3.63, 3.8) is 0 Å². The Hall–Kier alpha value is -2.29. The molecule has 25 heavy (non-hydrogen) atoms. The number of carbonyl (C=O) groups is 2. The maximum absolute atomic E-state index is 12.7. The van der Waals surface area contributed by atoms with Crippen molar-refractivity contribution in [2.45, 2.75) is 38.6 Å². The molecule has 2 amide bonds. The van der Waals surface area contributed by atoms with Crippen LogP contribution in [0.2, 0.25) is 0 Å². The molecule has 1 aromatic heterocycles. The van der Waals surface area contributed by atoms with Crippen molar-refractivity contribution >= 4 is 33.9 Å². The van der Waals surface area contributed by atoms with Crippen LogP contribution in [0.5, 0.6) is 0 Å². The Labute approximate surface area is 153 Å². The summed E-state index contributed by atoms with van der Waals surface area (Å²) in [5.41, 5.74) is -0.116. The number of hydrogen-bond acceptors (Lipinski definition) is 5. The van der Waals surface area contributed by atoms with Gasteiger partial charge in [0, 0.05) is 17.2 Å². The quantitative estimate of drug-likeness (QED) is 0.617. The molecule has 0 spiro atoms. The smallest absolute Gasteiger partial charge is 0.414 e. The van der Waals surface area contributed by atoms with Gasteiger partial charge in [0.05, 0.1) is 0 Å². The SMILES string of the molecule is CC(C)(C)OC(=O)NC1=NC2C=CCN(C(=O)c3cc(Br)c[nH]3)C2N1. The Bertz CT molecular complexity index is 749. The van der Waals surface area contributed by atoms with E-state index in [-0.39, 0.29) is 18.1 Å². The molecule has 0 aromatic carbocycles. The van der Waals surface area contributed by atoms with Crippen LogP contribution in [0.3, 0.4) is 0 Å². The van der Waals surface area contributed by atoms with E-state index in [2.05, 4.69) is 36.5 Å². The molecular weight excluding hydrogens is 390 g/mol. The molecule has 0 aliphatic carbocycles. The predicted molar refractivity (Wildman–Crippen MR) is 96.2 cm³/mol. The van der Waals surface area contributed by atoms with Gasteiger partial charge in [-0.15, -0.1) is 0 Å². The number of fused-ring (bicyclic) bond motifs is 1. The third-order valence-corrected chi connectivity index (χ3v) is 4.07. The summed E-state index contributed by atoms with van der Waals surface area (Å²) in [6.07, 6.45) is 4.56. The van der Waals surface area contributed by atoms with E-state index in [1.54, 1.807) is 37.9 Å². The molecule has 0 fully saturated rings. The van der Waals surface area contributed by atoms with Crippen molar-refractivity contribution in [2.75, 3.05) is 6.54 Å². The van der Waals surface area contributed by atoms with Crippen LogP contribution in [0.1, 0.15) is 31.3 Å². The van der Waals surface area contributed by atoms with Gasteiger partial charge >= 0.3 is 6.09 Å². The predicted octanol–water partition coefficient (Wildman–Crippen LogP) is 1.97. The number of aromatic amines is 1. The number of carbonyl (C=O) groups excluding carboxylic acids is 2. The summed E-state index contributed by atoms with van der Waals surface area (Å²) in [4.78, 5) is 33.6. The number of ether oxygens (including phenoxy) is 1. The lowest BCUT2D eigenvalue weighted by atomic mass is 10.1. The summed E-state index contributed by atoms with van der Waals surface area (Å²) in [5, 5.41) is 5.67. The minimum absolute atomic E-state index is 0.147. The number of halogens is 1. The molecule has 2 aliphatic heterocycles. The van der Waals surface area contributed by atoms with E-state index in [9.17, 15) is 9.59 Å². The van der Waals surface area contributed by atoms with Crippen molar-refractivity contribution < 1.29 is 14.3 Å².